The van der Waals surface area contributed by atoms with Crippen LogP contribution in [0, 0.1) is 10.8 Å². The van der Waals surface area contributed by atoms with Crippen molar-refractivity contribution >= 4 is 6.03 Å². The van der Waals surface area contributed by atoms with Crippen molar-refractivity contribution in [2.75, 3.05) is 46.3 Å². The van der Waals surface area contributed by atoms with Crippen LogP contribution < -0.4 is 10.6 Å². The van der Waals surface area contributed by atoms with E-state index >= 15 is 0 Å². The summed E-state index contributed by atoms with van der Waals surface area (Å²) in [6.07, 6.45) is -4.10. The van der Waals surface area contributed by atoms with Crippen molar-refractivity contribution in [2.24, 2.45) is 10.8 Å². The van der Waals surface area contributed by atoms with Crippen LogP contribution in [-0.4, -0.2) is 73.9 Å². The molecular weight excluding hydrogens is 309 g/mol. The quantitative estimate of drug-likeness (QED) is 0.799. The molecule has 2 N–H and O–H groups in total. The van der Waals surface area contributed by atoms with Gasteiger partial charge < -0.3 is 15.5 Å². The van der Waals surface area contributed by atoms with Gasteiger partial charge >= 0.3 is 12.2 Å². The second-order valence-electron chi connectivity index (χ2n) is 7.95. The van der Waals surface area contributed by atoms with Gasteiger partial charge in [0.1, 0.15) is 0 Å². The van der Waals surface area contributed by atoms with Gasteiger partial charge in [0.15, 0.2) is 0 Å². The minimum absolute atomic E-state index is 0.0338. The van der Waals surface area contributed by atoms with Crippen LogP contribution in [0.4, 0.5) is 18.0 Å². The number of carbonyl (C=O) groups excluding carboxylic acids is 1. The van der Waals surface area contributed by atoms with Gasteiger partial charge in [-0.3, -0.25) is 4.90 Å². The number of amides is 2. The zero-order valence-corrected chi connectivity index (χ0v) is 13.9. The minimum Gasteiger partial charge on any atom is -0.337 e. The Kier molecular flexibility index (Phi) is 3.65. The molecule has 132 valence electrons. The summed E-state index contributed by atoms with van der Waals surface area (Å²) < 4.78 is 39.9. The SMILES string of the molecule is CN1CCN(C(=O)NC[C@@]23CNC[C@]2(C(F)(F)F)C3)CC1(C)C. The number of hydrogen-bond donors (Lipinski definition) is 2. The van der Waals surface area contributed by atoms with Gasteiger partial charge in [-0.25, -0.2) is 4.79 Å². The van der Waals surface area contributed by atoms with Gasteiger partial charge in [-0.15, -0.1) is 0 Å². The molecule has 0 aromatic heterocycles. The molecule has 0 unspecified atom stereocenters. The summed E-state index contributed by atoms with van der Waals surface area (Å²) in [7, 11) is 2.01. The molecule has 2 atom stereocenters. The summed E-state index contributed by atoms with van der Waals surface area (Å²) in [5, 5.41) is 5.60. The number of alkyl halides is 3. The Balaban J connectivity index is 1.59. The van der Waals surface area contributed by atoms with Gasteiger partial charge in [0, 0.05) is 50.2 Å². The summed E-state index contributed by atoms with van der Waals surface area (Å²) in [4.78, 5) is 16.3. The molecule has 2 aliphatic heterocycles. The third kappa shape index (κ3) is 2.50. The molecule has 8 heteroatoms. The Morgan fingerprint density at radius 2 is 1.96 bits per heavy atom. The zero-order chi connectivity index (χ0) is 17.1. The molecule has 2 heterocycles. The van der Waals surface area contributed by atoms with E-state index in [1.165, 1.54) is 0 Å². The number of piperidine rings is 1. The van der Waals surface area contributed by atoms with Crippen LogP contribution in [0.5, 0.6) is 0 Å². The number of nitrogens with zero attached hydrogens (tertiary/aromatic N) is 2. The van der Waals surface area contributed by atoms with Crippen LogP contribution >= 0.6 is 0 Å². The van der Waals surface area contributed by atoms with Crippen LogP contribution in [0.1, 0.15) is 20.3 Å². The van der Waals surface area contributed by atoms with Gasteiger partial charge in [0.05, 0.1) is 5.41 Å². The van der Waals surface area contributed by atoms with Crippen molar-refractivity contribution in [2.45, 2.75) is 32.0 Å². The van der Waals surface area contributed by atoms with E-state index in [2.05, 4.69) is 29.4 Å². The summed E-state index contributed by atoms with van der Waals surface area (Å²) in [5.74, 6) is 0. The Morgan fingerprint density at radius 3 is 2.52 bits per heavy atom. The monoisotopic (exact) mass is 334 g/mol. The Hall–Kier alpha value is -1.02. The lowest BCUT2D eigenvalue weighted by atomic mass is 9.95. The molecule has 0 radical (unpaired) electrons. The van der Waals surface area contributed by atoms with E-state index in [9.17, 15) is 18.0 Å². The number of piperazine rings is 1. The summed E-state index contributed by atoms with van der Waals surface area (Å²) in [5.41, 5.74) is -2.63. The number of nitrogens with one attached hydrogen (secondary N) is 2. The highest BCUT2D eigenvalue weighted by atomic mass is 19.4. The first kappa shape index (κ1) is 16.8. The number of carbonyl (C=O) groups is 1. The van der Waals surface area contributed by atoms with E-state index in [-0.39, 0.29) is 31.1 Å². The van der Waals surface area contributed by atoms with Crippen molar-refractivity contribution < 1.29 is 18.0 Å². The van der Waals surface area contributed by atoms with Crippen LogP contribution in [0.3, 0.4) is 0 Å². The third-order valence-electron chi connectivity index (χ3n) is 6.14. The predicted molar refractivity (Wildman–Crippen MR) is 80.1 cm³/mol. The Bertz CT molecular complexity index is 509. The molecule has 23 heavy (non-hydrogen) atoms. The highest BCUT2D eigenvalue weighted by Crippen LogP contribution is 2.72. The standard InChI is InChI=1S/C15H25F3N4O/c1-12(2)10-22(5-4-21(12)3)11(23)20-8-13-6-14(13,9-19-7-13)15(16,17)18/h19H,4-10H2,1-3H3,(H,20,23)/t13-,14-/m1/s1. The van der Waals surface area contributed by atoms with Crippen LogP contribution in [0.2, 0.25) is 0 Å². The number of urea groups is 1. The minimum atomic E-state index is -4.21. The first-order valence-corrected chi connectivity index (χ1v) is 8.05. The fourth-order valence-corrected chi connectivity index (χ4v) is 4.10. The maximum absolute atomic E-state index is 13.3. The summed E-state index contributed by atoms with van der Waals surface area (Å²) >= 11 is 0. The third-order valence-corrected chi connectivity index (χ3v) is 6.14. The fourth-order valence-electron chi connectivity index (χ4n) is 4.10. The van der Waals surface area contributed by atoms with Crippen LogP contribution in [0.25, 0.3) is 0 Å². The smallest absolute Gasteiger partial charge is 0.337 e. The topological polar surface area (TPSA) is 47.6 Å². The number of hydrogen-bond acceptors (Lipinski definition) is 3. The molecule has 0 bridgehead atoms. The first-order chi connectivity index (χ1) is 10.5. The second kappa shape index (κ2) is 4.99. The average molecular weight is 334 g/mol. The molecule has 2 amide bonds. The number of rotatable bonds is 2. The first-order valence-electron chi connectivity index (χ1n) is 8.05. The van der Waals surface area contributed by atoms with E-state index in [1.54, 1.807) is 4.90 Å². The molecule has 3 fully saturated rings. The molecule has 1 saturated carbocycles. The maximum Gasteiger partial charge on any atom is 0.396 e. The molecule has 0 aromatic rings. The normalized spacial score (nSPS) is 36.7. The van der Waals surface area contributed by atoms with Gasteiger partial charge in [-0.05, 0) is 27.3 Å². The Labute approximate surface area is 134 Å². The lowest BCUT2D eigenvalue weighted by molar-refractivity contribution is -0.190. The lowest BCUT2D eigenvalue weighted by Gasteiger charge is -2.45. The van der Waals surface area contributed by atoms with Crippen molar-refractivity contribution in [3.05, 3.63) is 0 Å². The van der Waals surface area contributed by atoms with Crippen LogP contribution in [-0.2, 0) is 0 Å². The van der Waals surface area contributed by atoms with Gasteiger partial charge in [-0.2, -0.15) is 13.2 Å². The van der Waals surface area contributed by atoms with Gasteiger partial charge in [0.25, 0.3) is 0 Å². The number of likely N-dealkylation sites (N-methyl/N-ethyl adjacent to an activating group) is 1. The largest absolute Gasteiger partial charge is 0.396 e. The van der Waals surface area contributed by atoms with E-state index in [0.29, 0.717) is 19.6 Å². The van der Waals surface area contributed by atoms with E-state index < -0.39 is 17.0 Å². The highest BCUT2D eigenvalue weighted by Gasteiger charge is 2.81. The van der Waals surface area contributed by atoms with Gasteiger partial charge in [-0.1, -0.05) is 0 Å². The van der Waals surface area contributed by atoms with Crippen molar-refractivity contribution in [3.8, 4) is 0 Å². The highest BCUT2D eigenvalue weighted by molar-refractivity contribution is 5.74. The molecule has 2 saturated heterocycles. The molecule has 0 aromatic carbocycles. The number of fused-ring (bicyclic) bond motifs is 1. The molecule has 3 aliphatic rings. The average Bonchev–Trinajstić information content (AvgIpc) is 2.96. The molecule has 0 spiro atoms. The summed E-state index contributed by atoms with van der Waals surface area (Å²) in [6.45, 7) is 6.43. The van der Waals surface area contributed by atoms with E-state index in [0.717, 1.165) is 6.54 Å². The number of halogens is 3. The van der Waals surface area contributed by atoms with Crippen LogP contribution in [0.15, 0.2) is 0 Å². The Morgan fingerprint density at radius 1 is 1.26 bits per heavy atom. The second-order valence-corrected chi connectivity index (χ2v) is 7.95. The maximum atomic E-state index is 13.3. The predicted octanol–water partition coefficient (Wildman–Crippen LogP) is 1.26. The van der Waals surface area contributed by atoms with Crippen molar-refractivity contribution in [3.63, 3.8) is 0 Å². The molecule has 1 aliphatic carbocycles. The van der Waals surface area contributed by atoms with Crippen molar-refractivity contribution in [1.82, 2.24) is 20.4 Å². The molecule has 3 rings (SSSR count). The van der Waals surface area contributed by atoms with Gasteiger partial charge in [0.2, 0.25) is 0 Å². The van der Waals surface area contributed by atoms with E-state index in [1.807, 2.05) is 7.05 Å². The zero-order valence-electron chi connectivity index (χ0n) is 13.9. The lowest BCUT2D eigenvalue weighted by Crippen LogP contribution is -2.60. The van der Waals surface area contributed by atoms with E-state index in [4.69, 9.17) is 0 Å². The fraction of sp³-hybridized carbons (Fsp3) is 0.933. The summed E-state index contributed by atoms with van der Waals surface area (Å²) in [6, 6.07) is -0.254. The van der Waals surface area contributed by atoms with Crippen molar-refractivity contribution in [1.29, 1.82) is 0 Å². The molecule has 5 nitrogen and oxygen atoms in total. The molecular formula is C15H25F3N4O.